The second kappa shape index (κ2) is 8.29. The number of rotatable bonds is 6. The number of hydrogen-bond acceptors (Lipinski definition) is 3. The molecule has 26 heavy (non-hydrogen) atoms. The van der Waals surface area contributed by atoms with E-state index in [-0.39, 0.29) is 28.2 Å². The number of nitro groups is 1. The van der Waals surface area contributed by atoms with Gasteiger partial charge < -0.3 is 10.2 Å². The zero-order valence-corrected chi connectivity index (χ0v) is 15.0. The molecule has 2 aromatic rings. The molecule has 136 valence electrons. The Labute approximate surface area is 156 Å². The van der Waals surface area contributed by atoms with Gasteiger partial charge in [0.05, 0.1) is 35.1 Å². The number of likely N-dealkylation sites (tertiary alicyclic amines) is 1. The fourth-order valence-electron chi connectivity index (χ4n) is 3.45. The Morgan fingerprint density at radius 3 is 2.50 bits per heavy atom. The van der Waals surface area contributed by atoms with Crippen LogP contribution >= 0.6 is 11.6 Å². The van der Waals surface area contributed by atoms with Crippen LogP contribution in [0.2, 0.25) is 5.02 Å². The molecule has 0 aromatic heterocycles. The molecule has 0 radical (unpaired) electrons. The van der Waals surface area contributed by atoms with Crippen molar-refractivity contribution in [1.29, 1.82) is 0 Å². The van der Waals surface area contributed by atoms with Gasteiger partial charge in [-0.05, 0) is 6.07 Å². The Morgan fingerprint density at radius 2 is 1.88 bits per heavy atom. The maximum absolute atomic E-state index is 12.5. The summed E-state index contributed by atoms with van der Waals surface area (Å²) in [7, 11) is 0. The first-order chi connectivity index (χ1) is 12.6. The summed E-state index contributed by atoms with van der Waals surface area (Å²) in [6.45, 7) is 2.67. The fraction of sp³-hybridized carbons (Fsp3) is 0.316. The minimum Gasteiger partial charge on any atom is -0.346 e. The zero-order valence-electron chi connectivity index (χ0n) is 14.3. The molecule has 0 spiro atoms. The van der Waals surface area contributed by atoms with Gasteiger partial charge in [-0.1, -0.05) is 41.9 Å². The maximum Gasteiger partial charge on any atom is 0.270 e. The number of nitrogens with zero attached hydrogens (tertiary/aromatic N) is 1. The smallest absolute Gasteiger partial charge is 0.270 e. The van der Waals surface area contributed by atoms with Crippen molar-refractivity contribution in [1.82, 2.24) is 5.32 Å². The fourth-order valence-corrected chi connectivity index (χ4v) is 3.71. The second-order valence-corrected chi connectivity index (χ2v) is 6.87. The Morgan fingerprint density at radius 1 is 1.19 bits per heavy atom. The van der Waals surface area contributed by atoms with Crippen molar-refractivity contribution in [2.75, 3.05) is 19.6 Å². The molecule has 1 saturated heterocycles. The summed E-state index contributed by atoms with van der Waals surface area (Å²) in [5.74, 6) is -0.315. The molecule has 1 heterocycles. The van der Waals surface area contributed by atoms with E-state index < -0.39 is 4.92 Å². The van der Waals surface area contributed by atoms with Crippen molar-refractivity contribution in [2.45, 2.75) is 18.9 Å². The van der Waals surface area contributed by atoms with E-state index in [0.717, 1.165) is 13.1 Å². The lowest BCUT2D eigenvalue weighted by Crippen LogP contribution is -3.11. The number of quaternary nitrogens is 1. The Bertz CT molecular complexity index is 792. The van der Waals surface area contributed by atoms with Crippen molar-refractivity contribution >= 4 is 23.2 Å². The number of benzene rings is 2. The number of hydrogen-bond donors (Lipinski definition) is 2. The minimum atomic E-state index is -0.532. The van der Waals surface area contributed by atoms with Crippen LogP contribution in [0.1, 0.15) is 34.8 Å². The highest BCUT2D eigenvalue weighted by Gasteiger charge is 2.28. The van der Waals surface area contributed by atoms with Crippen LogP contribution in [0.3, 0.4) is 0 Å². The topological polar surface area (TPSA) is 76.7 Å². The number of nitro benzene ring substituents is 1. The monoisotopic (exact) mass is 374 g/mol. The van der Waals surface area contributed by atoms with Crippen LogP contribution in [-0.2, 0) is 0 Å². The van der Waals surface area contributed by atoms with E-state index in [1.165, 1.54) is 41.5 Å². The van der Waals surface area contributed by atoms with E-state index in [0.29, 0.717) is 6.54 Å². The molecule has 0 aliphatic carbocycles. The SMILES string of the molecule is O=C(NC[C@@H](c1ccccc1)[NH+]1CCCC1)c1ccc([N+](=O)[O-])cc1Cl. The van der Waals surface area contributed by atoms with Gasteiger partial charge in [0, 0.05) is 30.5 Å². The minimum absolute atomic E-state index is 0.0847. The van der Waals surface area contributed by atoms with Crippen molar-refractivity contribution in [3.05, 3.63) is 74.8 Å². The van der Waals surface area contributed by atoms with Crippen LogP contribution in [0.25, 0.3) is 0 Å². The molecule has 2 aromatic carbocycles. The predicted molar refractivity (Wildman–Crippen MR) is 99.6 cm³/mol. The van der Waals surface area contributed by atoms with E-state index in [4.69, 9.17) is 11.6 Å². The quantitative estimate of drug-likeness (QED) is 0.602. The third-order valence-corrected chi connectivity index (χ3v) is 5.13. The van der Waals surface area contributed by atoms with Gasteiger partial charge in [-0.25, -0.2) is 0 Å². The normalized spacial score (nSPS) is 15.6. The van der Waals surface area contributed by atoms with E-state index in [1.807, 2.05) is 18.2 Å². The van der Waals surface area contributed by atoms with E-state index in [1.54, 1.807) is 0 Å². The first-order valence-corrected chi connectivity index (χ1v) is 9.05. The number of carbonyl (C=O) groups is 1. The van der Waals surface area contributed by atoms with E-state index in [9.17, 15) is 14.9 Å². The number of amides is 1. The average Bonchev–Trinajstić information content (AvgIpc) is 3.17. The molecule has 1 aliphatic heterocycles. The summed E-state index contributed by atoms with van der Waals surface area (Å²) in [6, 6.07) is 14.2. The standard InChI is InChI=1S/C19H20ClN3O3/c20-17-12-15(23(25)26)8-9-16(17)19(24)21-13-18(22-10-4-5-11-22)14-6-2-1-3-7-14/h1-3,6-9,12,18H,4-5,10-11,13H2,(H,21,24)/p+1/t18-/m0/s1. The molecule has 1 amide bonds. The number of nitrogens with one attached hydrogen (secondary N) is 2. The van der Waals surface area contributed by atoms with Gasteiger partial charge in [-0.15, -0.1) is 0 Å². The molecule has 0 saturated carbocycles. The summed E-state index contributed by atoms with van der Waals surface area (Å²) < 4.78 is 0. The summed E-state index contributed by atoms with van der Waals surface area (Å²) in [6.07, 6.45) is 2.39. The molecular formula is C19H21ClN3O3+. The molecule has 3 rings (SSSR count). The highest BCUT2D eigenvalue weighted by molar-refractivity contribution is 6.34. The van der Waals surface area contributed by atoms with Gasteiger partial charge in [0.1, 0.15) is 6.04 Å². The van der Waals surface area contributed by atoms with Crippen LogP contribution in [0, 0.1) is 10.1 Å². The molecule has 7 heteroatoms. The molecule has 1 aliphatic rings. The van der Waals surface area contributed by atoms with Crippen molar-refractivity contribution in [2.24, 2.45) is 0 Å². The molecule has 1 fully saturated rings. The highest BCUT2D eigenvalue weighted by atomic mass is 35.5. The molecule has 2 N–H and O–H groups in total. The number of carbonyl (C=O) groups excluding carboxylic acids is 1. The van der Waals surface area contributed by atoms with Crippen molar-refractivity contribution in [3.8, 4) is 0 Å². The molecule has 0 bridgehead atoms. The lowest BCUT2D eigenvalue weighted by Gasteiger charge is -2.25. The van der Waals surface area contributed by atoms with E-state index >= 15 is 0 Å². The second-order valence-electron chi connectivity index (χ2n) is 6.46. The van der Waals surface area contributed by atoms with Gasteiger partial charge in [0.25, 0.3) is 11.6 Å². The van der Waals surface area contributed by atoms with Crippen LogP contribution in [0.4, 0.5) is 5.69 Å². The lowest BCUT2D eigenvalue weighted by atomic mass is 10.1. The van der Waals surface area contributed by atoms with Gasteiger partial charge in [-0.2, -0.15) is 0 Å². The van der Waals surface area contributed by atoms with E-state index in [2.05, 4.69) is 17.4 Å². The molecular weight excluding hydrogens is 354 g/mol. The highest BCUT2D eigenvalue weighted by Crippen LogP contribution is 2.22. The van der Waals surface area contributed by atoms with Gasteiger partial charge in [0.2, 0.25) is 0 Å². The molecule has 0 unspecified atom stereocenters. The van der Waals surface area contributed by atoms with Crippen molar-refractivity contribution in [3.63, 3.8) is 0 Å². The first-order valence-electron chi connectivity index (χ1n) is 8.68. The summed E-state index contributed by atoms with van der Waals surface area (Å²) in [5, 5.41) is 13.8. The van der Waals surface area contributed by atoms with Gasteiger partial charge >= 0.3 is 0 Å². The summed E-state index contributed by atoms with van der Waals surface area (Å²) in [4.78, 5) is 24.3. The van der Waals surface area contributed by atoms with Crippen LogP contribution in [-0.4, -0.2) is 30.5 Å². The van der Waals surface area contributed by atoms with Crippen molar-refractivity contribution < 1.29 is 14.6 Å². The summed E-state index contributed by atoms with van der Waals surface area (Å²) in [5.41, 5.74) is 1.32. The third kappa shape index (κ3) is 4.20. The first kappa shape index (κ1) is 18.4. The lowest BCUT2D eigenvalue weighted by molar-refractivity contribution is -0.918. The Hall–Kier alpha value is -2.44. The van der Waals surface area contributed by atoms with Crippen LogP contribution in [0.5, 0.6) is 0 Å². The largest absolute Gasteiger partial charge is 0.346 e. The zero-order chi connectivity index (χ0) is 18.5. The number of halogens is 1. The van der Waals surface area contributed by atoms with Crippen LogP contribution in [0.15, 0.2) is 48.5 Å². The Balaban J connectivity index is 1.72. The van der Waals surface area contributed by atoms with Gasteiger partial charge in [-0.3, -0.25) is 14.9 Å². The predicted octanol–water partition coefficient (Wildman–Crippen LogP) is 2.40. The molecule has 1 atom stereocenters. The Kier molecular flexibility index (Phi) is 5.85. The maximum atomic E-state index is 12.5. The molecule has 6 nitrogen and oxygen atoms in total. The van der Waals surface area contributed by atoms with Crippen LogP contribution < -0.4 is 10.2 Å². The third-order valence-electron chi connectivity index (χ3n) is 4.82. The van der Waals surface area contributed by atoms with Gasteiger partial charge in [0.15, 0.2) is 0 Å². The average molecular weight is 375 g/mol. The number of non-ortho nitro benzene ring substituents is 1. The summed E-state index contributed by atoms with van der Waals surface area (Å²) >= 11 is 6.06.